The highest BCUT2D eigenvalue weighted by atomic mass is 32.2. The van der Waals surface area contributed by atoms with Gasteiger partial charge in [0.25, 0.3) is 0 Å². The van der Waals surface area contributed by atoms with Crippen LogP contribution in [0.3, 0.4) is 0 Å². The van der Waals surface area contributed by atoms with E-state index in [1.165, 1.54) is 11.2 Å². The van der Waals surface area contributed by atoms with Gasteiger partial charge in [-0.3, -0.25) is 19.3 Å². The fourth-order valence-corrected chi connectivity index (χ4v) is 3.95. The monoisotopic (exact) mass is 454 g/mol. The Bertz CT molecular complexity index is 1050. The van der Waals surface area contributed by atoms with Crippen LogP contribution in [0, 0.1) is 0 Å². The van der Waals surface area contributed by atoms with Crippen molar-refractivity contribution in [3.8, 4) is 0 Å². The average molecular weight is 455 g/mol. The SMILES string of the molecule is CC(/C=N\N=C1/S[C@H](CC(=O)NCC(=O)O)C(=O)N1Cc1ccco1)=C/c1ccccc1. The number of nitrogens with zero attached hydrogens (tertiary/aromatic N) is 3. The van der Waals surface area contributed by atoms with E-state index < -0.39 is 23.7 Å². The lowest BCUT2D eigenvalue weighted by Crippen LogP contribution is -2.35. The molecule has 0 saturated carbocycles. The molecule has 10 heteroatoms. The summed E-state index contributed by atoms with van der Waals surface area (Å²) in [5.74, 6) is -1.43. The second kappa shape index (κ2) is 11.1. The Morgan fingerprint density at radius 1 is 1.25 bits per heavy atom. The molecule has 0 aliphatic carbocycles. The molecule has 1 aromatic heterocycles. The maximum Gasteiger partial charge on any atom is 0.322 e. The highest BCUT2D eigenvalue weighted by Gasteiger charge is 2.39. The standard InChI is InChI=1S/C22H22N4O5S/c1-15(10-16-6-3-2-4-7-16)12-24-25-22-26(14-17-8-5-9-31-17)21(30)18(32-22)11-19(27)23-13-20(28)29/h2-10,12,18H,11,13-14H2,1H3,(H,23,27)(H,28,29)/b15-10-,24-12-,25-22-/t18-/m1/s1. The maximum atomic E-state index is 12.9. The molecule has 9 nitrogen and oxygen atoms in total. The van der Waals surface area contributed by atoms with Crippen LogP contribution >= 0.6 is 11.8 Å². The first-order chi connectivity index (χ1) is 15.4. The molecule has 2 aromatic rings. The average Bonchev–Trinajstić information content (AvgIpc) is 3.37. The molecular weight excluding hydrogens is 432 g/mol. The molecule has 2 amide bonds. The van der Waals surface area contributed by atoms with Crippen molar-refractivity contribution in [3.63, 3.8) is 0 Å². The number of amides is 2. The Morgan fingerprint density at radius 3 is 2.72 bits per heavy atom. The largest absolute Gasteiger partial charge is 0.480 e. The van der Waals surface area contributed by atoms with Crippen molar-refractivity contribution in [2.75, 3.05) is 6.54 Å². The van der Waals surface area contributed by atoms with Gasteiger partial charge < -0.3 is 14.8 Å². The number of hydrogen-bond acceptors (Lipinski definition) is 7. The number of carboxylic acid groups (broad SMARTS) is 1. The van der Waals surface area contributed by atoms with Gasteiger partial charge in [-0.15, -0.1) is 5.10 Å². The molecule has 2 heterocycles. The van der Waals surface area contributed by atoms with E-state index in [9.17, 15) is 14.4 Å². The van der Waals surface area contributed by atoms with Crippen LogP contribution in [-0.4, -0.2) is 51.0 Å². The van der Waals surface area contributed by atoms with Gasteiger partial charge in [-0.1, -0.05) is 48.2 Å². The number of amidine groups is 1. The van der Waals surface area contributed by atoms with Crippen LogP contribution in [0.5, 0.6) is 0 Å². The lowest BCUT2D eigenvalue weighted by molar-refractivity contribution is -0.138. The quantitative estimate of drug-likeness (QED) is 0.443. The van der Waals surface area contributed by atoms with Crippen molar-refractivity contribution >= 4 is 47.0 Å². The number of carbonyl (C=O) groups excluding carboxylic acids is 2. The van der Waals surface area contributed by atoms with Crippen LogP contribution in [0.15, 0.2) is 68.9 Å². The number of nitrogens with one attached hydrogen (secondary N) is 1. The zero-order valence-corrected chi connectivity index (χ0v) is 18.1. The molecule has 1 aromatic carbocycles. The minimum atomic E-state index is -1.15. The van der Waals surface area contributed by atoms with E-state index in [2.05, 4.69) is 15.5 Å². The Balaban J connectivity index is 1.73. The summed E-state index contributed by atoms with van der Waals surface area (Å²) in [6, 6.07) is 13.2. The second-order valence-electron chi connectivity index (χ2n) is 6.91. The Labute approximate surface area is 188 Å². The zero-order valence-electron chi connectivity index (χ0n) is 17.3. The first-order valence-electron chi connectivity index (χ1n) is 9.75. The summed E-state index contributed by atoms with van der Waals surface area (Å²) in [6.45, 7) is 1.54. The number of carbonyl (C=O) groups is 3. The van der Waals surface area contributed by atoms with Crippen LogP contribution in [0.25, 0.3) is 6.08 Å². The number of furan rings is 1. The summed E-state index contributed by atoms with van der Waals surface area (Å²) in [5, 5.41) is 18.9. The summed E-state index contributed by atoms with van der Waals surface area (Å²) in [4.78, 5) is 36.9. The lowest BCUT2D eigenvalue weighted by Gasteiger charge is -2.14. The molecule has 0 unspecified atom stereocenters. The molecule has 1 saturated heterocycles. The summed E-state index contributed by atoms with van der Waals surface area (Å²) in [7, 11) is 0. The summed E-state index contributed by atoms with van der Waals surface area (Å²) in [5.41, 5.74) is 1.90. The Kier molecular flexibility index (Phi) is 7.98. The lowest BCUT2D eigenvalue weighted by atomic mass is 10.1. The Morgan fingerprint density at radius 2 is 2.03 bits per heavy atom. The third-order valence-electron chi connectivity index (χ3n) is 4.32. The van der Waals surface area contributed by atoms with Crippen molar-refractivity contribution in [2.45, 2.75) is 25.1 Å². The molecular formula is C22H22N4O5S. The fraction of sp³-hybridized carbons (Fsp3) is 0.227. The van der Waals surface area contributed by atoms with Crippen LogP contribution in [0.1, 0.15) is 24.7 Å². The third kappa shape index (κ3) is 6.67. The van der Waals surface area contributed by atoms with Crippen molar-refractivity contribution < 1.29 is 23.9 Å². The van der Waals surface area contributed by atoms with Gasteiger partial charge in [-0.25, -0.2) is 0 Å². The number of allylic oxidation sites excluding steroid dienone is 1. The number of benzene rings is 1. The van der Waals surface area contributed by atoms with Gasteiger partial charge in [0.2, 0.25) is 11.8 Å². The highest BCUT2D eigenvalue weighted by molar-refractivity contribution is 8.15. The number of hydrogen-bond donors (Lipinski definition) is 2. The minimum Gasteiger partial charge on any atom is -0.480 e. The molecule has 3 rings (SSSR count). The zero-order chi connectivity index (χ0) is 22.9. The van der Waals surface area contributed by atoms with E-state index in [4.69, 9.17) is 9.52 Å². The van der Waals surface area contributed by atoms with Gasteiger partial charge >= 0.3 is 5.97 Å². The summed E-state index contributed by atoms with van der Waals surface area (Å²) in [6.07, 6.45) is 4.88. The van der Waals surface area contributed by atoms with Crippen LogP contribution in [-0.2, 0) is 20.9 Å². The van der Waals surface area contributed by atoms with E-state index in [1.54, 1.807) is 18.3 Å². The van der Waals surface area contributed by atoms with E-state index in [-0.39, 0.29) is 18.9 Å². The van der Waals surface area contributed by atoms with E-state index in [1.807, 2.05) is 43.3 Å². The van der Waals surface area contributed by atoms with E-state index in [0.29, 0.717) is 10.9 Å². The first kappa shape index (κ1) is 23.0. The number of carboxylic acids is 1. The molecule has 1 aliphatic heterocycles. The molecule has 2 N–H and O–H groups in total. The first-order valence-corrected chi connectivity index (χ1v) is 10.6. The predicted octanol–water partition coefficient (Wildman–Crippen LogP) is 2.76. The Hall–Kier alpha value is -3.66. The number of rotatable bonds is 9. The normalized spacial score (nSPS) is 18.0. The number of aliphatic carboxylic acids is 1. The third-order valence-corrected chi connectivity index (χ3v) is 5.49. The van der Waals surface area contributed by atoms with Gasteiger partial charge in [0.15, 0.2) is 5.17 Å². The second-order valence-corrected chi connectivity index (χ2v) is 8.08. The van der Waals surface area contributed by atoms with Gasteiger partial charge in [0, 0.05) is 6.42 Å². The van der Waals surface area contributed by atoms with E-state index >= 15 is 0 Å². The molecule has 32 heavy (non-hydrogen) atoms. The van der Waals surface area contributed by atoms with Crippen LogP contribution < -0.4 is 5.32 Å². The van der Waals surface area contributed by atoms with Crippen molar-refractivity contribution in [1.82, 2.24) is 10.2 Å². The fourth-order valence-electron chi connectivity index (χ4n) is 2.85. The van der Waals surface area contributed by atoms with E-state index in [0.717, 1.165) is 22.9 Å². The molecule has 1 aliphatic rings. The predicted molar refractivity (Wildman–Crippen MR) is 122 cm³/mol. The van der Waals surface area contributed by atoms with Gasteiger partial charge in [0.05, 0.1) is 19.0 Å². The summed E-state index contributed by atoms with van der Waals surface area (Å²) < 4.78 is 5.33. The van der Waals surface area contributed by atoms with Crippen molar-refractivity contribution in [3.05, 3.63) is 65.6 Å². The molecule has 1 fully saturated rings. The van der Waals surface area contributed by atoms with Gasteiger partial charge in [-0.2, -0.15) is 5.10 Å². The highest BCUT2D eigenvalue weighted by Crippen LogP contribution is 2.31. The molecule has 166 valence electrons. The van der Waals surface area contributed by atoms with Crippen molar-refractivity contribution in [1.29, 1.82) is 0 Å². The van der Waals surface area contributed by atoms with Crippen molar-refractivity contribution in [2.24, 2.45) is 10.2 Å². The smallest absolute Gasteiger partial charge is 0.322 e. The molecule has 1 atom stereocenters. The van der Waals surface area contributed by atoms with Gasteiger partial charge in [-0.05, 0) is 30.2 Å². The molecule has 0 radical (unpaired) electrons. The number of thioether (sulfide) groups is 1. The topological polar surface area (TPSA) is 125 Å². The maximum absolute atomic E-state index is 12.9. The molecule has 0 bridgehead atoms. The minimum absolute atomic E-state index is 0.152. The molecule has 0 spiro atoms. The van der Waals surface area contributed by atoms with Crippen LogP contribution in [0.4, 0.5) is 0 Å². The van der Waals surface area contributed by atoms with Gasteiger partial charge in [0.1, 0.15) is 17.6 Å². The van der Waals surface area contributed by atoms with Crippen LogP contribution in [0.2, 0.25) is 0 Å². The summed E-state index contributed by atoms with van der Waals surface area (Å²) >= 11 is 1.11.